The van der Waals surface area contributed by atoms with E-state index < -0.39 is 24.0 Å². The Morgan fingerprint density at radius 1 is 1.50 bits per heavy atom. The van der Waals surface area contributed by atoms with Crippen LogP contribution in [0.5, 0.6) is 5.75 Å². The summed E-state index contributed by atoms with van der Waals surface area (Å²) < 4.78 is 29.5. The number of benzene rings is 1. The summed E-state index contributed by atoms with van der Waals surface area (Å²) in [6, 6.07) is 3.59. The fourth-order valence-electron chi connectivity index (χ4n) is 0.981. The van der Waals surface area contributed by atoms with Crippen LogP contribution in [0.1, 0.15) is 10.4 Å². The van der Waals surface area contributed by atoms with Gasteiger partial charge in [-0.25, -0.2) is 13.6 Å². The van der Waals surface area contributed by atoms with E-state index in [0.717, 1.165) is 6.07 Å². The van der Waals surface area contributed by atoms with Gasteiger partial charge < -0.3 is 9.84 Å². The first-order valence-electron chi connectivity index (χ1n) is 3.87. The number of halogens is 2. The van der Waals surface area contributed by atoms with Crippen LogP contribution in [0.25, 0.3) is 0 Å². The highest BCUT2D eigenvalue weighted by Gasteiger charge is 2.16. The summed E-state index contributed by atoms with van der Waals surface area (Å²) in [5, 5.41) is 8.63. The molecule has 0 fully saturated rings. The molecule has 0 radical (unpaired) electrons. The van der Waals surface area contributed by atoms with Crippen molar-refractivity contribution in [3.8, 4) is 5.75 Å². The molecular formula is C9H8F2O3. The minimum atomic E-state index is -1.43. The maximum atomic E-state index is 13.0. The van der Waals surface area contributed by atoms with Crippen LogP contribution in [0.3, 0.4) is 0 Å². The molecule has 1 rings (SSSR count). The maximum absolute atomic E-state index is 13.0. The third kappa shape index (κ3) is 2.18. The zero-order valence-corrected chi connectivity index (χ0v) is 7.17. The second-order valence-electron chi connectivity index (χ2n) is 2.46. The van der Waals surface area contributed by atoms with Crippen molar-refractivity contribution in [1.29, 1.82) is 0 Å². The van der Waals surface area contributed by atoms with E-state index in [2.05, 4.69) is 0 Å². The van der Waals surface area contributed by atoms with Crippen LogP contribution >= 0.6 is 0 Å². The second kappa shape index (κ2) is 4.55. The molecule has 76 valence electrons. The first-order chi connectivity index (χ1) is 6.66. The minimum Gasteiger partial charge on any atom is -0.490 e. The van der Waals surface area contributed by atoms with Crippen molar-refractivity contribution in [3.63, 3.8) is 0 Å². The summed E-state index contributed by atoms with van der Waals surface area (Å²) in [5.41, 5.74) is -0.569. The molecule has 0 bridgehead atoms. The van der Waals surface area contributed by atoms with Crippen molar-refractivity contribution >= 4 is 5.97 Å². The van der Waals surface area contributed by atoms with Gasteiger partial charge in [-0.3, -0.25) is 0 Å². The lowest BCUT2D eigenvalue weighted by Gasteiger charge is -2.07. The molecule has 0 aliphatic carbocycles. The monoisotopic (exact) mass is 202 g/mol. The topological polar surface area (TPSA) is 46.5 Å². The number of carboxylic acids is 1. The van der Waals surface area contributed by atoms with Crippen LogP contribution in [0, 0.1) is 5.82 Å². The number of carbonyl (C=O) groups is 1. The molecule has 0 aliphatic heterocycles. The van der Waals surface area contributed by atoms with E-state index in [1.807, 2.05) is 0 Å². The smallest absolute Gasteiger partial charge is 0.342 e. The Morgan fingerprint density at radius 2 is 2.21 bits per heavy atom. The Bertz CT molecular complexity index is 339. The van der Waals surface area contributed by atoms with E-state index in [9.17, 15) is 13.6 Å². The molecule has 5 heteroatoms. The molecule has 0 unspecified atom stereocenters. The zero-order chi connectivity index (χ0) is 10.6. The molecule has 1 aromatic rings. The van der Waals surface area contributed by atoms with Gasteiger partial charge in [-0.05, 0) is 12.1 Å². The first-order valence-corrected chi connectivity index (χ1v) is 3.87. The van der Waals surface area contributed by atoms with Crippen molar-refractivity contribution in [2.45, 2.75) is 0 Å². The Labute approximate surface area is 78.9 Å². The van der Waals surface area contributed by atoms with Crippen molar-refractivity contribution < 1.29 is 23.4 Å². The Morgan fingerprint density at radius 3 is 2.79 bits per heavy atom. The van der Waals surface area contributed by atoms with Gasteiger partial charge in [0, 0.05) is 0 Å². The standard InChI is InChI=1S/C9H8F2O3/c10-4-5-14-7-3-1-2-6(11)8(7)9(12)13/h1-3H,4-5H2,(H,12,13). The molecule has 0 saturated carbocycles. The van der Waals surface area contributed by atoms with E-state index in [-0.39, 0.29) is 12.4 Å². The molecule has 14 heavy (non-hydrogen) atoms. The minimum absolute atomic E-state index is 0.157. The van der Waals surface area contributed by atoms with Gasteiger partial charge in [0.05, 0.1) is 0 Å². The van der Waals surface area contributed by atoms with Gasteiger partial charge in [0.25, 0.3) is 0 Å². The summed E-state index contributed by atoms with van der Waals surface area (Å²) in [5.74, 6) is -2.49. The molecule has 0 spiro atoms. The number of carboxylic acid groups (broad SMARTS) is 1. The average Bonchev–Trinajstić information content (AvgIpc) is 2.14. The number of rotatable bonds is 4. The maximum Gasteiger partial charge on any atom is 0.342 e. The van der Waals surface area contributed by atoms with Crippen molar-refractivity contribution in [2.75, 3.05) is 13.3 Å². The van der Waals surface area contributed by atoms with Gasteiger partial charge in [-0.15, -0.1) is 0 Å². The van der Waals surface area contributed by atoms with E-state index in [4.69, 9.17) is 9.84 Å². The third-order valence-corrected chi connectivity index (χ3v) is 1.52. The van der Waals surface area contributed by atoms with Gasteiger partial charge in [-0.1, -0.05) is 6.07 Å². The van der Waals surface area contributed by atoms with Crippen molar-refractivity contribution in [1.82, 2.24) is 0 Å². The Hall–Kier alpha value is -1.65. The highest BCUT2D eigenvalue weighted by atomic mass is 19.1. The normalized spacial score (nSPS) is 9.86. The molecule has 1 N–H and O–H groups in total. The van der Waals surface area contributed by atoms with E-state index in [1.54, 1.807) is 0 Å². The number of hydrogen-bond donors (Lipinski definition) is 1. The predicted octanol–water partition coefficient (Wildman–Crippen LogP) is 1.87. The van der Waals surface area contributed by atoms with E-state index >= 15 is 0 Å². The van der Waals surface area contributed by atoms with Crippen LogP contribution < -0.4 is 4.74 Å². The van der Waals surface area contributed by atoms with Gasteiger partial charge in [-0.2, -0.15) is 0 Å². The quantitative estimate of drug-likeness (QED) is 0.810. The fourth-order valence-corrected chi connectivity index (χ4v) is 0.981. The van der Waals surface area contributed by atoms with Crippen LogP contribution in [0.4, 0.5) is 8.78 Å². The molecule has 0 amide bonds. The molecule has 0 aromatic heterocycles. The molecule has 1 aromatic carbocycles. The molecule has 3 nitrogen and oxygen atoms in total. The molecule has 0 saturated heterocycles. The lowest BCUT2D eigenvalue weighted by atomic mass is 10.2. The summed E-state index contributed by atoms with van der Waals surface area (Å²) in [6.45, 7) is -1.04. The lowest BCUT2D eigenvalue weighted by molar-refractivity contribution is 0.0686. The van der Waals surface area contributed by atoms with Crippen LogP contribution in [0.15, 0.2) is 18.2 Å². The summed E-state index contributed by atoms with van der Waals surface area (Å²) in [4.78, 5) is 10.6. The van der Waals surface area contributed by atoms with Crippen molar-refractivity contribution in [3.05, 3.63) is 29.6 Å². The molecule has 0 aliphatic rings. The highest BCUT2D eigenvalue weighted by molar-refractivity contribution is 5.91. The SMILES string of the molecule is O=C(O)c1c(F)cccc1OCCF. The highest BCUT2D eigenvalue weighted by Crippen LogP contribution is 2.21. The van der Waals surface area contributed by atoms with Crippen LogP contribution in [-0.4, -0.2) is 24.4 Å². The van der Waals surface area contributed by atoms with Gasteiger partial charge in [0.2, 0.25) is 0 Å². The van der Waals surface area contributed by atoms with Gasteiger partial charge in [0.15, 0.2) is 0 Å². The van der Waals surface area contributed by atoms with Gasteiger partial charge in [0.1, 0.15) is 30.4 Å². The number of aromatic carboxylic acids is 1. The second-order valence-corrected chi connectivity index (χ2v) is 2.46. The molecular weight excluding hydrogens is 194 g/mol. The van der Waals surface area contributed by atoms with Crippen LogP contribution in [0.2, 0.25) is 0 Å². The Balaban J connectivity index is 3.02. The molecule has 0 heterocycles. The molecule has 0 atom stereocenters. The van der Waals surface area contributed by atoms with E-state index in [1.165, 1.54) is 12.1 Å². The summed E-state index contributed by atoms with van der Waals surface area (Å²) >= 11 is 0. The van der Waals surface area contributed by atoms with Crippen molar-refractivity contribution in [2.24, 2.45) is 0 Å². The number of ether oxygens (including phenoxy) is 1. The zero-order valence-electron chi connectivity index (χ0n) is 7.17. The van der Waals surface area contributed by atoms with Gasteiger partial charge >= 0.3 is 5.97 Å². The Kier molecular flexibility index (Phi) is 3.39. The number of hydrogen-bond acceptors (Lipinski definition) is 2. The summed E-state index contributed by atoms with van der Waals surface area (Å²) in [6.07, 6.45) is 0. The largest absolute Gasteiger partial charge is 0.490 e. The lowest BCUT2D eigenvalue weighted by Crippen LogP contribution is -2.07. The average molecular weight is 202 g/mol. The number of alkyl halides is 1. The predicted molar refractivity (Wildman–Crippen MR) is 44.8 cm³/mol. The fraction of sp³-hybridized carbons (Fsp3) is 0.222. The van der Waals surface area contributed by atoms with E-state index in [0.29, 0.717) is 0 Å². The third-order valence-electron chi connectivity index (χ3n) is 1.52. The summed E-state index contributed by atoms with van der Waals surface area (Å²) in [7, 11) is 0. The van der Waals surface area contributed by atoms with Crippen LogP contribution in [-0.2, 0) is 0 Å². The first kappa shape index (κ1) is 10.4.